The Morgan fingerprint density at radius 1 is 1.24 bits per heavy atom. The van der Waals surface area contributed by atoms with Crippen molar-refractivity contribution in [3.05, 3.63) is 59.3 Å². The van der Waals surface area contributed by atoms with Crippen molar-refractivity contribution in [3.8, 4) is 0 Å². The first-order chi connectivity index (χ1) is 8.27. The molecule has 2 aromatic rings. The molecule has 1 aromatic heterocycles. The van der Waals surface area contributed by atoms with Gasteiger partial charge in [-0.1, -0.05) is 30.3 Å². The zero-order chi connectivity index (χ0) is 11.8. The Balaban J connectivity index is 1.91. The summed E-state index contributed by atoms with van der Waals surface area (Å²) in [6.07, 6.45) is 1.99. The van der Waals surface area contributed by atoms with Gasteiger partial charge in [-0.2, -0.15) is 0 Å². The minimum Gasteiger partial charge on any atom is -0.388 e. The lowest BCUT2D eigenvalue weighted by atomic mass is 9.73. The van der Waals surface area contributed by atoms with Crippen LogP contribution in [0, 0.1) is 0 Å². The highest BCUT2D eigenvalue weighted by Gasteiger charge is 2.33. The van der Waals surface area contributed by atoms with Gasteiger partial charge in [0.25, 0.3) is 0 Å². The first-order valence-electron chi connectivity index (χ1n) is 5.73. The molecule has 0 aliphatic heterocycles. The standard InChI is InChI=1S/C14H14N2O/c15-14-11(6-3-7-16-14)13(17)12-8-9-4-1-2-5-10(9)12/h1-7,12-13,17H,8H2,(H2,15,16). The van der Waals surface area contributed by atoms with Gasteiger partial charge in [0.1, 0.15) is 5.82 Å². The lowest BCUT2D eigenvalue weighted by Gasteiger charge is -2.34. The maximum absolute atomic E-state index is 10.3. The van der Waals surface area contributed by atoms with Crippen molar-refractivity contribution in [1.82, 2.24) is 4.98 Å². The molecule has 1 heterocycles. The molecule has 3 N–H and O–H groups in total. The second kappa shape index (κ2) is 3.86. The van der Waals surface area contributed by atoms with Gasteiger partial charge in [-0.3, -0.25) is 0 Å². The van der Waals surface area contributed by atoms with E-state index in [0.29, 0.717) is 5.82 Å². The molecule has 2 atom stereocenters. The van der Waals surface area contributed by atoms with E-state index >= 15 is 0 Å². The number of nitrogens with zero attached hydrogens (tertiary/aromatic N) is 1. The summed E-state index contributed by atoms with van der Waals surface area (Å²) >= 11 is 0. The fourth-order valence-electron chi connectivity index (χ4n) is 2.48. The average Bonchev–Trinajstić information content (AvgIpc) is 2.31. The summed E-state index contributed by atoms with van der Waals surface area (Å²) in [7, 11) is 0. The molecule has 0 amide bonds. The van der Waals surface area contributed by atoms with Gasteiger partial charge in [0.05, 0.1) is 6.10 Å². The number of rotatable bonds is 2. The summed E-state index contributed by atoms with van der Waals surface area (Å²) in [5, 5.41) is 10.3. The zero-order valence-corrected chi connectivity index (χ0v) is 9.38. The van der Waals surface area contributed by atoms with E-state index in [1.54, 1.807) is 12.3 Å². The van der Waals surface area contributed by atoms with Crippen LogP contribution in [0.15, 0.2) is 42.6 Å². The molecule has 0 saturated heterocycles. The van der Waals surface area contributed by atoms with Crippen molar-refractivity contribution in [1.29, 1.82) is 0 Å². The van der Waals surface area contributed by atoms with Crippen LogP contribution in [-0.2, 0) is 6.42 Å². The Morgan fingerprint density at radius 2 is 2.06 bits per heavy atom. The Bertz CT molecular complexity index is 553. The molecule has 3 heteroatoms. The van der Waals surface area contributed by atoms with E-state index in [1.165, 1.54) is 11.1 Å². The van der Waals surface area contributed by atoms with Gasteiger partial charge < -0.3 is 10.8 Å². The highest BCUT2D eigenvalue weighted by Crippen LogP contribution is 2.44. The normalized spacial score (nSPS) is 19.2. The van der Waals surface area contributed by atoms with E-state index in [2.05, 4.69) is 17.1 Å². The van der Waals surface area contributed by atoms with Crippen molar-refractivity contribution in [2.45, 2.75) is 18.4 Å². The molecule has 1 aliphatic rings. The Kier molecular flexibility index (Phi) is 2.34. The van der Waals surface area contributed by atoms with E-state index in [9.17, 15) is 5.11 Å². The molecule has 0 bridgehead atoms. The monoisotopic (exact) mass is 226 g/mol. The predicted octanol–water partition coefficient (Wildman–Crippen LogP) is 2.04. The quantitative estimate of drug-likeness (QED) is 0.823. The van der Waals surface area contributed by atoms with E-state index in [0.717, 1.165) is 12.0 Å². The van der Waals surface area contributed by atoms with Gasteiger partial charge in [-0.05, 0) is 23.6 Å². The number of fused-ring (bicyclic) bond motifs is 1. The van der Waals surface area contributed by atoms with Crippen LogP contribution in [0.25, 0.3) is 0 Å². The fraction of sp³-hybridized carbons (Fsp3) is 0.214. The van der Waals surface area contributed by atoms with Crippen LogP contribution in [0.1, 0.15) is 28.7 Å². The number of hydrogen-bond acceptors (Lipinski definition) is 3. The van der Waals surface area contributed by atoms with Crippen molar-refractivity contribution in [2.24, 2.45) is 0 Å². The van der Waals surface area contributed by atoms with Crippen molar-refractivity contribution in [2.75, 3.05) is 5.73 Å². The predicted molar refractivity (Wildman–Crippen MR) is 66.5 cm³/mol. The molecule has 86 valence electrons. The van der Waals surface area contributed by atoms with Gasteiger partial charge in [0.15, 0.2) is 0 Å². The second-order valence-electron chi connectivity index (χ2n) is 4.43. The molecule has 2 unspecified atom stereocenters. The molecule has 0 fully saturated rings. The van der Waals surface area contributed by atoms with Crippen LogP contribution < -0.4 is 5.73 Å². The molecule has 17 heavy (non-hydrogen) atoms. The van der Waals surface area contributed by atoms with Crippen LogP contribution in [0.2, 0.25) is 0 Å². The lowest BCUT2D eigenvalue weighted by molar-refractivity contribution is 0.135. The first-order valence-corrected chi connectivity index (χ1v) is 5.73. The number of pyridine rings is 1. The third-order valence-electron chi connectivity index (χ3n) is 3.47. The van der Waals surface area contributed by atoms with Crippen LogP contribution in [0.5, 0.6) is 0 Å². The number of anilines is 1. The van der Waals surface area contributed by atoms with Gasteiger partial charge >= 0.3 is 0 Å². The number of nitrogen functional groups attached to an aromatic ring is 1. The van der Waals surface area contributed by atoms with E-state index < -0.39 is 6.10 Å². The molecule has 3 nitrogen and oxygen atoms in total. The molecule has 1 aromatic carbocycles. The highest BCUT2D eigenvalue weighted by molar-refractivity contribution is 5.47. The number of aliphatic hydroxyl groups is 1. The molecular formula is C14H14N2O. The third kappa shape index (κ3) is 1.59. The van der Waals surface area contributed by atoms with Gasteiger partial charge in [0, 0.05) is 17.7 Å². The summed E-state index contributed by atoms with van der Waals surface area (Å²) < 4.78 is 0. The summed E-state index contributed by atoms with van der Waals surface area (Å²) in [5.41, 5.74) is 9.06. The Hall–Kier alpha value is -1.87. The lowest BCUT2D eigenvalue weighted by Crippen LogP contribution is -2.24. The second-order valence-corrected chi connectivity index (χ2v) is 4.43. The maximum Gasteiger partial charge on any atom is 0.129 e. The molecule has 0 radical (unpaired) electrons. The minimum atomic E-state index is -0.557. The number of nitrogens with two attached hydrogens (primary N) is 1. The smallest absolute Gasteiger partial charge is 0.129 e. The van der Waals surface area contributed by atoms with E-state index in [4.69, 9.17) is 5.73 Å². The summed E-state index contributed by atoms with van der Waals surface area (Å²) in [5.74, 6) is 0.571. The number of aromatic nitrogens is 1. The third-order valence-corrected chi connectivity index (χ3v) is 3.47. The molecular weight excluding hydrogens is 212 g/mol. The number of hydrogen-bond donors (Lipinski definition) is 2. The van der Waals surface area contributed by atoms with Crippen molar-refractivity contribution >= 4 is 5.82 Å². The molecule has 0 saturated carbocycles. The maximum atomic E-state index is 10.3. The number of aliphatic hydroxyl groups excluding tert-OH is 1. The Labute approximate surface area is 99.9 Å². The molecule has 1 aliphatic carbocycles. The van der Waals surface area contributed by atoms with Crippen LogP contribution >= 0.6 is 0 Å². The molecule has 0 spiro atoms. The topological polar surface area (TPSA) is 59.1 Å². The summed E-state index contributed by atoms with van der Waals surface area (Å²) in [4.78, 5) is 4.01. The summed E-state index contributed by atoms with van der Waals surface area (Å²) in [6.45, 7) is 0. The van der Waals surface area contributed by atoms with Crippen molar-refractivity contribution in [3.63, 3.8) is 0 Å². The van der Waals surface area contributed by atoms with E-state index in [-0.39, 0.29) is 5.92 Å². The van der Waals surface area contributed by atoms with Gasteiger partial charge in [-0.15, -0.1) is 0 Å². The SMILES string of the molecule is Nc1ncccc1C(O)C1Cc2ccccc21. The van der Waals surface area contributed by atoms with Gasteiger partial charge in [0.2, 0.25) is 0 Å². The largest absolute Gasteiger partial charge is 0.388 e. The van der Waals surface area contributed by atoms with Crippen LogP contribution in [0.4, 0.5) is 5.82 Å². The first kappa shape index (κ1) is 10.3. The van der Waals surface area contributed by atoms with Crippen LogP contribution in [-0.4, -0.2) is 10.1 Å². The molecule has 3 rings (SSSR count). The highest BCUT2D eigenvalue weighted by atomic mass is 16.3. The van der Waals surface area contributed by atoms with Gasteiger partial charge in [-0.25, -0.2) is 4.98 Å². The fourth-order valence-corrected chi connectivity index (χ4v) is 2.48. The Morgan fingerprint density at radius 3 is 2.82 bits per heavy atom. The van der Waals surface area contributed by atoms with Crippen molar-refractivity contribution < 1.29 is 5.11 Å². The summed E-state index contributed by atoms with van der Waals surface area (Å²) in [6, 6.07) is 11.8. The minimum absolute atomic E-state index is 0.151. The number of benzene rings is 1. The van der Waals surface area contributed by atoms with Crippen LogP contribution in [0.3, 0.4) is 0 Å². The van der Waals surface area contributed by atoms with E-state index in [1.807, 2.05) is 18.2 Å². The zero-order valence-electron chi connectivity index (χ0n) is 9.38. The average molecular weight is 226 g/mol.